The molecule has 0 bridgehead atoms. The van der Waals surface area contributed by atoms with Crippen molar-refractivity contribution in [2.75, 3.05) is 12.5 Å². The molecule has 3 rings (SSSR count). The van der Waals surface area contributed by atoms with E-state index in [1.807, 2.05) is 44.6 Å². The van der Waals surface area contributed by atoms with Crippen molar-refractivity contribution in [3.8, 4) is 0 Å². The van der Waals surface area contributed by atoms with Gasteiger partial charge in [-0.3, -0.25) is 9.59 Å². The Balaban J connectivity index is 1.94. The van der Waals surface area contributed by atoms with Crippen molar-refractivity contribution in [3.63, 3.8) is 0 Å². The molecule has 0 saturated carbocycles. The number of nitrogens with one attached hydrogen (secondary N) is 2. The number of hydrogen-bond donors (Lipinski definition) is 2. The summed E-state index contributed by atoms with van der Waals surface area (Å²) in [7, 11) is 0. The molecule has 158 valence electrons. The number of nitrogens with zero attached hydrogens (tertiary/aromatic N) is 2. The van der Waals surface area contributed by atoms with E-state index >= 15 is 0 Å². The van der Waals surface area contributed by atoms with Crippen LogP contribution in [0.1, 0.15) is 47.5 Å². The second-order valence-electron chi connectivity index (χ2n) is 6.88. The number of H-pyrrole nitrogens is 2. The van der Waals surface area contributed by atoms with Gasteiger partial charge in [-0.15, -0.1) is 0 Å². The summed E-state index contributed by atoms with van der Waals surface area (Å²) in [4.78, 5) is 39.7. The zero-order chi connectivity index (χ0) is 21.7. The van der Waals surface area contributed by atoms with E-state index in [1.54, 1.807) is 0 Å². The fourth-order valence-electron chi connectivity index (χ4n) is 3.49. The maximum Gasteiger partial charge on any atom is 0.254 e. The molecule has 0 radical (unpaired) electrons. The lowest BCUT2D eigenvalue weighted by molar-refractivity contribution is 0.831. The number of rotatable bonds is 8. The maximum absolute atomic E-state index is 12.4. The molecule has 3 aromatic rings. The first kappa shape index (κ1) is 22.4. The van der Waals surface area contributed by atoms with E-state index in [-0.39, 0.29) is 11.1 Å². The average Bonchev–Trinajstić information content (AvgIpc) is 2.73. The first-order valence-corrected chi connectivity index (χ1v) is 12.3. The van der Waals surface area contributed by atoms with Crippen LogP contribution in [0.3, 0.4) is 0 Å². The van der Waals surface area contributed by atoms with Gasteiger partial charge in [-0.1, -0.05) is 61.6 Å². The lowest BCUT2D eigenvalue weighted by Gasteiger charge is -2.11. The quantitative estimate of drug-likeness (QED) is 0.409. The molecule has 2 N–H and O–H groups in total. The second kappa shape index (κ2) is 10.1. The van der Waals surface area contributed by atoms with Crippen LogP contribution in [0.2, 0.25) is 0 Å². The number of aromatic amines is 2. The monoisotopic (exact) mass is 442 g/mol. The molecule has 0 unspecified atom stereocenters. The molecule has 0 aliphatic carbocycles. The zero-order valence-corrected chi connectivity index (χ0v) is 19.3. The van der Waals surface area contributed by atoms with Gasteiger partial charge >= 0.3 is 0 Å². The Morgan fingerprint density at radius 2 is 1.23 bits per heavy atom. The Kier molecular flexibility index (Phi) is 7.55. The topological polar surface area (TPSA) is 91.5 Å². The van der Waals surface area contributed by atoms with Gasteiger partial charge in [0.1, 0.15) is 0 Å². The summed E-state index contributed by atoms with van der Waals surface area (Å²) in [6, 6.07) is 8.21. The molecule has 2 heterocycles. The zero-order valence-electron chi connectivity index (χ0n) is 17.7. The second-order valence-corrected chi connectivity index (χ2v) is 8.47. The summed E-state index contributed by atoms with van der Waals surface area (Å²) in [5, 5.41) is 1.27. The molecule has 0 aliphatic heterocycles. The fourth-order valence-corrected chi connectivity index (χ4v) is 4.29. The Morgan fingerprint density at radius 1 is 0.800 bits per heavy atom. The van der Waals surface area contributed by atoms with E-state index in [0.717, 1.165) is 33.6 Å². The molecule has 0 saturated heterocycles. The van der Waals surface area contributed by atoms with Gasteiger partial charge in [-0.05, 0) is 36.5 Å². The first-order chi connectivity index (χ1) is 14.5. The van der Waals surface area contributed by atoms with Gasteiger partial charge < -0.3 is 9.97 Å². The molecule has 0 fully saturated rings. The minimum Gasteiger partial charge on any atom is -0.301 e. The van der Waals surface area contributed by atoms with Crippen molar-refractivity contribution in [3.05, 3.63) is 78.6 Å². The third-order valence-corrected chi connectivity index (χ3v) is 6.15. The van der Waals surface area contributed by atoms with Crippen LogP contribution in [0.15, 0.2) is 44.2 Å². The largest absolute Gasteiger partial charge is 0.301 e. The van der Waals surface area contributed by atoms with Crippen LogP contribution in [0.5, 0.6) is 0 Å². The van der Waals surface area contributed by atoms with Crippen molar-refractivity contribution < 1.29 is 0 Å². The van der Waals surface area contributed by atoms with E-state index < -0.39 is 0 Å². The highest BCUT2D eigenvalue weighted by Crippen LogP contribution is 2.18. The molecule has 6 nitrogen and oxygen atoms in total. The Bertz CT molecular complexity index is 1070. The van der Waals surface area contributed by atoms with Gasteiger partial charge in [0.05, 0.1) is 11.4 Å². The van der Waals surface area contributed by atoms with Gasteiger partial charge in [0.15, 0.2) is 10.3 Å². The highest BCUT2D eigenvalue weighted by molar-refractivity contribution is 7.98. The summed E-state index contributed by atoms with van der Waals surface area (Å²) in [6.45, 7) is 3.94. The summed E-state index contributed by atoms with van der Waals surface area (Å²) in [6.07, 6.45) is 6.26. The van der Waals surface area contributed by atoms with Crippen LogP contribution in [-0.4, -0.2) is 32.4 Å². The van der Waals surface area contributed by atoms with E-state index in [9.17, 15) is 9.59 Å². The van der Waals surface area contributed by atoms with E-state index in [1.165, 1.54) is 23.5 Å². The minimum absolute atomic E-state index is 0.0621. The summed E-state index contributed by atoms with van der Waals surface area (Å²) < 4.78 is 0. The van der Waals surface area contributed by atoms with Gasteiger partial charge in [0.2, 0.25) is 0 Å². The van der Waals surface area contributed by atoms with E-state index in [0.29, 0.717) is 36.0 Å². The predicted octanol–water partition coefficient (Wildman–Crippen LogP) is 3.60. The van der Waals surface area contributed by atoms with Crippen LogP contribution in [0.4, 0.5) is 0 Å². The van der Waals surface area contributed by atoms with Gasteiger partial charge in [0.25, 0.3) is 11.1 Å². The molecule has 1 aromatic carbocycles. The molecule has 0 amide bonds. The van der Waals surface area contributed by atoms with Crippen LogP contribution in [0, 0.1) is 0 Å². The van der Waals surface area contributed by atoms with Crippen LogP contribution in [-0.2, 0) is 25.7 Å². The molecule has 0 atom stereocenters. The van der Waals surface area contributed by atoms with Gasteiger partial charge in [-0.2, -0.15) is 0 Å². The summed E-state index contributed by atoms with van der Waals surface area (Å²) in [5.41, 5.74) is 5.13. The minimum atomic E-state index is -0.0621. The number of benzene rings is 1. The van der Waals surface area contributed by atoms with Crippen LogP contribution in [0.25, 0.3) is 0 Å². The smallest absolute Gasteiger partial charge is 0.254 e. The Labute approximate surface area is 184 Å². The predicted molar refractivity (Wildman–Crippen MR) is 124 cm³/mol. The molecular formula is C22H26N4O2S2. The number of thioether (sulfide) groups is 2. The Morgan fingerprint density at radius 3 is 1.60 bits per heavy atom. The molecule has 0 spiro atoms. The molecular weight excluding hydrogens is 416 g/mol. The third kappa shape index (κ3) is 5.05. The number of aromatic nitrogens is 4. The van der Waals surface area contributed by atoms with Crippen molar-refractivity contribution in [2.24, 2.45) is 0 Å². The van der Waals surface area contributed by atoms with Crippen molar-refractivity contribution in [2.45, 2.75) is 49.8 Å². The standard InChI is InChI=1S/C22H26N4O2S2/c1-5-15-17(23-21(29-3)25-19(15)27)11-13-8-7-9-14(10-13)12-18-16(6-2)20(28)26-22(24-18)30-4/h7-10H,5-6,11-12H2,1-4H3,(H,23,25,27)(H,24,26,28). The van der Waals surface area contributed by atoms with Gasteiger partial charge in [-0.25, -0.2) is 9.97 Å². The summed E-state index contributed by atoms with van der Waals surface area (Å²) in [5.74, 6) is 0. The van der Waals surface area contributed by atoms with Crippen molar-refractivity contribution in [1.82, 2.24) is 19.9 Å². The SMILES string of the molecule is CCc1c(Cc2cccc(Cc3nc(SC)[nH]c(=O)c3CC)c2)nc(SC)[nH]c1=O. The first-order valence-electron chi connectivity index (χ1n) is 9.88. The van der Waals surface area contributed by atoms with Crippen LogP contribution >= 0.6 is 23.5 Å². The lowest BCUT2D eigenvalue weighted by Crippen LogP contribution is -2.19. The molecule has 2 aromatic heterocycles. The Hall–Kier alpha value is -2.32. The average molecular weight is 443 g/mol. The molecule has 8 heteroatoms. The van der Waals surface area contributed by atoms with E-state index in [2.05, 4.69) is 26.0 Å². The highest BCUT2D eigenvalue weighted by Gasteiger charge is 2.13. The number of hydrogen-bond acceptors (Lipinski definition) is 6. The van der Waals surface area contributed by atoms with Crippen molar-refractivity contribution in [1.29, 1.82) is 0 Å². The summed E-state index contributed by atoms with van der Waals surface area (Å²) >= 11 is 2.86. The maximum atomic E-state index is 12.4. The third-order valence-electron chi connectivity index (χ3n) is 4.99. The van der Waals surface area contributed by atoms with E-state index in [4.69, 9.17) is 0 Å². The fraction of sp³-hybridized carbons (Fsp3) is 0.364. The molecule has 0 aliphatic rings. The normalized spacial score (nSPS) is 11.1. The molecule has 30 heavy (non-hydrogen) atoms. The van der Waals surface area contributed by atoms with Crippen molar-refractivity contribution >= 4 is 23.5 Å². The highest BCUT2D eigenvalue weighted by atomic mass is 32.2. The van der Waals surface area contributed by atoms with Gasteiger partial charge in [0, 0.05) is 24.0 Å². The van der Waals surface area contributed by atoms with Crippen LogP contribution < -0.4 is 11.1 Å². The lowest BCUT2D eigenvalue weighted by atomic mass is 9.99.